The van der Waals surface area contributed by atoms with Crippen LogP contribution < -0.4 is 0 Å². The highest BCUT2D eigenvalue weighted by Crippen LogP contribution is 2.63. The van der Waals surface area contributed by atoms with Crippen molar-refractivity contribution in [3.05, 3.63) is 12.2 Å². The van der Waals surface area contributed by atoms with Gasteiger partial charge in [0.15, 0.2) is 0 Å². The van der Waals surface area contributed by atoms with E-state index in [0.29, 0.717) is 0 Å². The molecule has 0 aromatic carbocycles. The summed E-state index contributed by atoms with van der Waals surface area (Å²) in [5.41, 5.74) is 0.826. The summed E-state index contributed by atoms with van der Waals surface area (Å²) in [7, 11) is 0. The molecule has 56 valence electrons. The van der Waals surface area contributed by atoms with E-state index in [9.17, 15) is 0 Å². The topological polar surface area (TPSA) is 0 Å². The van der Waals surface area contributed by atoms with Crippen LogP contribution in [0.3, 0.4) is 0 Å². The van der Waals surface area contributed by atoms with E-state index in [1.54, 1.807) is 0 Å². The second-order valence-electron chi connectivity index (χ2n) is 3.91. The van der Waals surface area contributed by atoms with E-state index in [4.69, 9.17) is 0 Å². The van der Waals surface area contributed by atoms with Crippen LogP contribution in [-0.2, 0) is 0 Å². The zero-order chi connectivity index (χ0) is 7.03. The highest BCUT2D eigenvalue weighted by atomic mass is 14.6. The molecule has 0 radical (unpaired) electrons. The lowest BCUT2D eigenvalue weighted by molar-refractivity contribution is 0.503. The first-order valence-electron chi connectivity index (χ1n) is 4.50. The smallest absolute Gasteiger partial charge is 0.0171 e. The minimum atomic E-state index is 0.826. The highest BCUT2D eigenvalue weighted by molar-refractivity contribution is 5.12. The molecule has 0 nitrogen and oxygen atoms in total. The first-order valence-corrected chi connectivity index (χ1v) is 4.50. The van der Waals surface area contributed by atoms with E-state index in [1.807, 2.05) is 0 Å². The summed E-state index contributed by atoms with van der Waals surface area (Å²) in [5, 5.41) is 0. The van der Waals surface area contributed by atoms with E-state index in [1.165, 1.54) is 32.1 Å². The lowest BCUT2D eigenvalue weighted by Crippen LogP contribution is -1.93. The molecule has 2 aliphatic carbocycles. The van der Waals surface area contributed by atoms with Gasteiger partial charge in [0, 0.05) is 0 Å². The van der Waals surface area contributed by atoms with Crippen molar-refractivity contribution in [2.45, 2.75) is 39.0 Å². The number of rotatable bonds is 1. The minimum Gasteiger partial charge on any atom is -0.0914 e. The van der Waals surface area contributed by atoms with Gasteiger partial charge in [-0.05, 0) is 37.5 Å². The molecule has 1 spiro atoms. The second-order valence-corrected chi connectivity index (χ2v) is 3.91. The maximum atomic E-state index is 2.41. The molecule has 10 heavy (non-hydrogen) atoms. The molecule has 2 rings (SSSR count). The van der Waals surface area contributed by atoms with E-state index < -0.39 is 0 Å². The van der Waals surface area contributed by atoms with Crippen molar-refractivity contribution in [3.63, 3.8) is 0 Å². The Kier molecular flexibility index (Phi) is 1.36. The SMILES string of the molecule is C/C=C/C1CC12CCCC2. The van der Waals surface area contributed by atoms with Crippen LogP contribution in [0.5, 0.6) is 0 Å². The summed E-state index contributed by atoms with van der Waals surface area (Å²) in [4.78, 5) is 0. The number of hydrogen-bond donors (Lipinski definition) is 0. The molecule has 0 saturated heterocycles. The van der Waals surface area contributed by atoms with E-state index >= 15 is 0 Å². The van der Waals surface area contributed by atoms with Gasteiger partial charge in [-0.3, -0.25) is 0 Å². The molecule has 0 bridgehead atoms. The lowest BCUT2D eigenvalue weighted by atomic mass is 10.0. The van der Waals surface area contributed by atoms with Crippen LogP contribution in [0.25, 0.3) is 0 Å². The van der Waals surface area contributed by atoms with Gasteiger partial charge in [0.1, 0.15) is 0 Å². The number of allylic oxidation sites excluding steroid dienone is 2. The van der Waals surface area contributed by atoms with Crippen LogP contribution >= 0.6 is 0 Å². The monoisotopic (exact) mass is 136 g/mol. The third-order valence-corrected chi connectivity index (χ3v) is 3.28. The van der Waals surface area contributed by atoms with Gasteiger partial charge < -0.3 is 0 Å². The van der Waals surface area contributed by atoms with Crippen molar-refractivity contribution in [2.75, 3.05) is 0 Å². The Hall–Kier alpha value is -0.260. The molecule has 1 atom stereocenters. The van der Waals surface area contributed by atoms with Crippen LogP contribution in [0.2, 0.25) is 0 Å². The van der Waals surface area contributed by atoms with Crippen LogP contribution in [0.15, 0.2) is 12.2 Å². The average Bonchev–Trinajstić information content (AvgIpc) is 2.43. The zero-order valence-corrected chi connectivity index (χ0v) is 6.77. The Morgan fingerprint density at radius 2 is 2.00 bits per heavy atom. The normalized spacial score (nSPS) is 35.9. The van der Waals surface area contributed by atoms with Crippen molar-refractivity contribution < 1.29 is 0 Å². The third kappa shape index (κ3) is 0.817. The Balaban J connectivity index is 1.97. The fourth-order valence-corrected chi connectivity index (χ4v) is 2.54. The van der Waals surface area contributed by atoms with Gasteiger partial charge in [-0.1, -0.05) is 25.0 Å². The quantitative estimate of drug-likeness (QED) is 0.486. The molecule has 0 N–H and O–H groups in total. The fraction of sp³-hybridized carbons (Fsp3) is 0.800. The zero-order valence-electron chi connectivity index (χ0n) is 6.77. The van der Waals surface area contributed by atoms with Crippen molar-refractivity contribution in [1.82, 2.24) is 0 Å². The molecule has 0 aromatic rings. The van der Waals surface area contributed by atoms with Crippen molar-refractivity contribution in [2.24, 2.45) is 11.3 Å². The predicted octanol–water partition coefficient (Wildman–Crippen LogP) is 3.14. The van der Waals surface area contributed by atoms with Gasteiger partial charge in [0.25, 0.3) is 0 Å². The van der Waals surface area contributed by atoms with E-state index in [-0.39, 0.29) is 0 Å². The van der Waals surface area contributed by atoms with Crippen LogP contribution in [-0.4, -0.2) is 0 Å². The van der Waals surface area contributed by atoms with Crippen LogP contribution in [0, 0.1) is 11.3 Å². The molecule has 1 unspecified atom stereocenters. The fourth-order valence-electron chi connectivity index (χ4n) is 2.54. The van der Waals surface area contributed by atoms with Gasteiger partial charge >= 0.3 is 0 Å². The maximum absolute atomic E-state index is 2.41. The van der Waals surface area contributed by atoms with Gasteiger partial charge in [0.05, 0.1) is 0 Å². The predicted molar refractivity (Wildman–Crippen MR) is 43.8 cm³/mol. The van der Waals surface area contributed by atoms with Crippen molar-refractivity contribution in [3.8, 4) is 0 Å². The summed E-state index contributed by atoms with van der Waals surface area (Å²) in [6.07, 6.45) is 12.1. The maximum Gasteiger partial charge on any atom is -0.0171 e. The lowest BCUT2D eigenvalue weighted by Gasteiger charge is -2.02. The summed E-state index contributed by atoms with van der Waals surface area (Å²) < 4.78 is 0. The Morgan fingerprint density at radius 3 is 2.60 bits per heavy atom. The Labute approximate surface area is 63.3 Å². The first-order chi connectivity index (χ1) is 4.87. The summed E-state index contributed by atoms with van der Waals surface area (Å²) in [6.45, 7) is 2.14. The first kappa shape index (κ1) is 6.45. The second kappa shape index (κ2) is 2.11. The largest absolute Gasteiger partial charge is 0.0914 e. The Morgan fingerprint density at radius 1 is 1.30 bits per heavy atom. The van der Waals surface area contributed by atoms with Gasteiger partial charge in [-0.25, -0.2) is 0 Å². The van der Waals surface area contributed by atoms with Gasteiger partial charge in [-0.15, -0.1) is 0 Å². The molecule has 0 amide bonds. The van der Waals surface area contributed by atoms with Crippen LogP contribution in [0.1, 0.15) is 39.0 Å². The summed E-state index contributed by atoms with van der Waals surface area (Å²) in [6, 6.07) is 0. The van der Waals surface area contributed by atoms with Crippen LogP contribution in [0.4, 0.5) is 0 Å². The molecule has 0 heteroatoms. The minimum absolute atomic E-state index is 0.826. The average molecular weight is 136 g/mol. The summed E-state index contributed by atoms with van der Waals surface area (Å²) >= 11 is 0. The highest BCUT2D eigenvalue weighted by Gasteiger charge is 2.52. The Bertz CT molecular complexity index is 149. The molecule has 2 saturated carbocycles. The molecule has 0 heterocycles. The molecular weight excluding hydrogens is 120 g/mol. The standard InChI is InChI=1S/C10H16/c1-2-5-9-8-10(9)6-3-4-7-10/h2,5,9H,3-4,6-8H2,1H3/b5-2+. The molecule has 0 aromatic heterocycles. The summed E-state index contributed by atoms with van der Waals surface area (Å²) in [5.74, 6) is 0.972. The van der Waals surface area contributed by atoms with E-state index in [2.05, 4.69) is 19.1 Å². The number of hydrogen-bond acceptors (Lipinski definition) is 0. The van der Waals surface area contributed by atoms with Gasteiger partial charge in [0.2, 0.25) is 0 Å². The van der Waals surface area contributed by atoms with Crippen molar-refractivity contribution >= 4 is 0 Å². The van der Waals surface area contributed by atoms with Crippen molar-refractivity contribution in [1.29, 1.82) is 0 Å². The third-order valence-electron chi connectivity index (χ3n) is 3.28. The van der Waals surface area contributed by atoms with E-state index in [0.717, 1.165) is 11.3 Å². The molecule has 2 aliphatic rings. The molecular formula is C10H16. The molecule has 2 fully saturated rings. The van der Waals surface area contributed by atoms with Gasteiger partial charge in [-0.2, -0.15) is 0 Å². The molecule has 0 aliphatic heterocycles.